The molecule has 2 fully saturated rings. The van der Waals surface area contributed by atoms with Crippen LogP contribution in [0.5, 0.6) is 0 Å². The van der Waals surface area contributed by atoms with Gasteiger partial charge in [0.25, 0.3) is 0 Å². The van der Waals surface area contributed by atoms with Crippen molar-refractivity contribution in [2.24, 2.45) is 11.8 Å². The molecule has 1 amide bonds. The number of likely N-dealkylation sites (tertiary alicyclic amines) is 2. The van der Waals surface area contributed by atoms with Gasteiger partial charge in [-0.25, -0.2) is 0 Å². The highest BCUT2D eigenvalue weighted by Gasteiger charge is 2.31. The van der Waals surface area contributed by atoms with E-state index >= 15 is 0 Å². The fourth-order valence-electron chi connectivity index (χ4n) is 4.28. The van der Waals surface area contributed by atoms with Gasteiger partial charge in [-0.15, -0.1) is 0 Å². The van der Waals surface area contributed by atoms with Gasteiger partial charge in [-0.2, -0.15) is 4.98 Å². The van der Waals surface area contributed by atoms with Crippen LogP contribution in [0, 0.1) is 11.8 Å². The summed E-state index contributed by atoms with van der Waals surface area (Å²) in [7, 11) is 0. The van der Waals surface area contributed by atoms with Crippen LogP contribution < -0.4 is 0 Å². The number of hydrogen-bond acceptors (Lipinski definition) is 5. The summed E-state index contributed by atoms with van der Waals surface area (Å²) in [5.74, 6) is 2.17. The Balaban J connectivity index is 1.36. The summed E-state index contributed by atoms with van der Waals surface area (Å²) in [4.78, 5) is 21.8. The standard InChI is InChI=1S/C21H27ClN4O2/c1-15-4-2-11-26(12-15)21(27)17-5-3-10-25(13-17)14-19-23-20(24-28-19)16-6-8-18(22)9-7-16/h6-9,15,17H,2-5,10-14H2,1H3. The highest BCUT2D eigenvalue weighted by atomic mass is 35.5. The van der Waals surface area contributed by atoms with E-state index in [0.29, 0.717) is 35.1 Å². The van der Waals surface area contributed by atoms with Gasteiger partial charge in [0.2, 0.25) is 17.6 Å². The van der Waals surface area contributed by atoms with Gasteiger partial charge in [0, 0.05) is 30.2 Å². The molecule has 2 unspecified atom stereocenters. The van der Waals surface area contributed by atoms with Gasteiger partial charge >= 0.3 is 0 Å². The minimum Gasteiger partial charge on any atom is -0.342 e. The Bertz CT molecular complexity index is 807. The predicted molar refractivity (Wildman–Crippen MR) is 108 cm³/mol. The van der Waals surface area contributed by atoms with Crippen LogP contribution in [0.4, 0.5) is 0 Å². The van der Waals surface area contributed by atoms with Crippen LogP contribution >= 0.6 is 11.6 Å². The molecular weight excluding hydrogens is 376 g/mol. The highest BCUT2D eigenvalue weighted by molar-refractivity contribution is 6.30. The van der Waals surface area contributed by atoms with Gasteiger partial charge in [0.1, 0.15) is 0 Å². The lowest BCUT2D eigenvalue weighted by atomic mass is 9.93. The molecule has 2 saturated heterocycles. The lowest BCUT2D eigenvalue weighted by molar-refractivity contribution is -0.139. The zero-order chi connectivity index (χ0) is 19.5. The lowest BCUT2D eigenvalue weighted by Crippen LogP contribution is -2.47. The van der Waals surface area contributed by atoms with E-state index < -0.39 is 0 Å². The number of carbonyl (C=O) groups is 1. The number of amides is 1. The fourth-order valence-corrected chi connectivity index (χ4v) is 4.40. The minimum absolute atomic E-state index is 0.0812. The molecule has 2 aliphatic rings. The molecule has 0 N–H and O–H groups in total. The number of piperidine rings is 2. The van der Waals surface area contributed by atoms with Crippen LogP contribution in [-0.4, -0.2) is 52.0 Å². The zero-order valence-electron chi connectivity index (χ0n) is 16.3. The first kappa shape index (κ1) is 19.4. The van der Waals surface area contributed by atoms with E-state index in [1.165, 1.54) is 6.42 Å². The van der Waals surface area contributed by atoms with Crippen molar-refractivity contribution < 1.29 is 9.32 Å². The summed E-state index contributed by atoms with van der Waals surface area (Å²) in [5.41, 5.74) is 0.880. The van der Waals surface area contributed by atoms with Crippen molar-refractivity contribution in [3.63, 3.8) is 0 Å². The molecule has 150 valence electrons. The molecular formula is C21H27ClN4O2. The third kappa shape index (κ3) is 4.55. The molecule has 0 spiro atoms. The van der Waals surface area contributed by atoms with Crippen molar-refractivity contribution in [2.45, 2.75) is 39.2 Å². The van der Waals surface area contributed by atoms with Crippen molar-refractivity contribution >= 4 is 17.5 Å². The van der Waals surface area contributed by atoms with Gasteiger partial charge in [-0.05, 0) is 62.4 Å². The molecule has 0 aliphatic carbocycles. The Hall–Kier alpha value is -1.92. The Morgan fingerprint density at radius 3 is 2.75 bits per heavy atom. The van der Waals surface area contributed by atoms with Crippen LogP contribution in [0.1, 0.15) is 38.5 Å². The molecule has 2 aliphatic heterocycles. The van der Waals surface area contributed by atoms with Gasteiger partial charge < -0.3 is 9.42 Å². The molecule has 2 atom stereocenters. The summed E-state index contributed by atoms with van der Waals surface area (Å²) < 4.78 is 5.45. The quantitative estimate of drug-likeness (QED) is 0.777. The zero-order valence-corrected chi connectivity index (χ0v) is 17.1. The van der Waals surface area contributed by atoms with Crippen LogP contribution in [0.15, 0.2) is 28.8 Å². The largest absolute Gasteiger partial charge is 0.342 e. The van der Waals surface area contributed by atoms with E-state index in [9.17, 15) is 4.79 Å². The fraction of sp³-hybridized carbons (Fsp3) is 0.571. The lowest BCUT2D eigenvalue weighted by Gasteiger charge is -2.37. The highest BCUT2D eigenvalue weighted by Crippen LogP contribution is 2.24. The topological polar surface area (TPSA) is 62.5 Å². The van der Waals surface area contributed by atoms with Crippen molar-refractivity contribution in [3.05, 3.63) is 35.2 Å². The second-order valence-electron chi connectivity index (χ2n) is 8.12. The molecule has 3 heterocycles. The number of rotatable bonds is 4. The maximum atomic E-state index is 13.0. The van der Waals surface area contributed by atoms with Crippen molar-refractivity contribution in [3.8, 4) is 11.4 Å². The summed E-state index contributed by atoms with van der Waals surface area (Å²) in [6, 6.07) is 7.39. The molecule has 0 radical (unpaired) electrons. The minimum atomic E-state index is 0.0812. The summed E-state index contributed by atoms with van der Waals surface area (Å²) >= 11 is 5.93. The predicted octanol–water partition coefficient (Wildman–Crippen LogP) is 3.86. The van der Waals surface area contributed by atoms with Gasteiger partial charge in [0.05, 0.1) is 12.5 Å². The van der Waals surface area contributed by atoms with E-state index in [-0.39, 0.29) is 5.92 Å². The maximum absolute atomic E-state index is 13.0. The van der Waals surface area contributed by atoms with Crippen LogP contribution in [-0.2, 0) is 11.3 Å². The molecule has 1 aromatic carbocycles. The molecule has 2 aromatic rings. The van der Waals surface area contributed by atoms with Crippen LogP contribution in [0.3, 0.4) is 0 Å². The first-order chi connectivity index (χ1) is 13.6. The Labute approximate surface area is 170 Å². The van der Waals surface area contributed by atoms with Crippen LogP contribution in [0.25, 0.3) is 11.4 Å². The molecule has 4 rings (SSSR count). The van der Waals surface area contributed by atoms with Crippen LogP contribution in [0.2, 0.25) is 5.02 Å². The number of halogens is 1. The van der Waals surface area contributed by atoms with E-state index in [2.05, 4.69) is 26.9 Å². The summed E-state index contributed by atoms with van der Waals surface area (Å²) in [6.45, 7) is 6.36. The molecule has 0 bridgehead atoms. The first-order valence-electron chi connectivity index (χ1n) is 10.2. The van der Waals surface area contributed by atoms with Crippen molar-refractivity contribution in [1.29, 1.82) is 0 Å². The number of carbonyl (C=O) groups excluding carboxylic acids is 1. The molecule has 6 nitrogen and oxygen atoms in total. The molecule has 7 heteroatoms. The molecule has 0 saturated carbocycles. The number of benzene rings is 1. The average Bonchev–Trinajstić information content (AvgIpc) is 3.16. The molecule has 28 heavy (non-hydrogen) atoms. The van der Waals surface area contributed by atoms with E-state index in [4.69, 9.17) is 16.1 Å². The monoisotopic (exact) mass is 402 g/mol. The third-order valence-electron chi connectivity index (χ3n) is 5.75. The Morgan fingerprint density at radius 1 is 1.18 bits per heavy atom. The number of hydrogen-bond donors (Lipinski definition) is 0. The molecule has 1 aromatic heterocycles. The second kappa shape index (κ2) is 8.62. The Morgan fingerprint density at radius 2 is 1.96 bits per heavy atom. The normalized spacial score (nSPS) is 23.7. The van der Waals surface area contributed by atoms with Gasteiger partial charge in [-0.1, -0.05) is 23.7 Å². The summed E-state index contributed by atoms with van der Waals surface area (Å²) in [6.07, 6.45) is 4.35. The van der Waals surface area contributed by atoms with Gasteiger partial charge in [0.15, 0.2) is 0 Å². The summed E-state index contributed by atoms with van der Waals surface area (Å²) in [5, 5.41) is 4.77. The van der Waals surface area contributed by atoms with E-state index in [0.717, 1.165) is 51.0 Å². The third-order valence-corrected chi connectivity index (χ3v) is 6.00. The van der Waals surface area contributed by atoms with E-state index in [1.807, 2.05) is 24.3 Å². The first-order valence-corrected chi connectivity index (χ1v) is 10.6. The van der Waals surface area contributed by atoms with Crippen molar-refractivity contribution in [2.75, 3.05) is 26.2 Å². The SMILES string of the molecule is CC1CCCN(C(=O)C2CCCN(Cc3nc(-c4ccc(Cl)cc4)no3)C2)C1. The maximum Gasteiger partial charge on any atom is 0.241 e. The van der Waals surface area contributed by atoms with Crippen molar-refractivity contribution in [1.82, 2.24) is 19.9 Å². The van der Waals surface area contributed by atoms with Gasteiger partial charge in [-0.3, -0.25) is 9.69 Å². The number of aromatic nitrogens is 2. The average molecular weight is 403 g/mol. The Kier molecular flexibility index (Phi) is 5.97. The smallest absolute Gasteiger partial charge is 0.241 e. The van der Waals surface area contributed by atoms with E-state index in [1.54, 1.807) is 0 Å². The second-order valence-corrected chi connectivity index (χ2v) is 8.56. The number of nitrogens with zero attached hydrogens (tertiary/aromatic N) is 4.